The number of nitrogens with zero attached hydrogens (tertiary/aromatic N) is 3. The van der Waals surface area contributed by atoms with Crippen LogP contribution in [-0.4, -0.2) is 58.4 Å². The van der Waals surface area contributed by atoms with Crippen molar-refractivity contribution in [3.05, 3.63) is 59.7 Å². The lowest BCUT2D eigenvalue weighted by Crippen LogP contribution is -2.50. The summed E-state index contributed by atoms with van der Waals surface area (Å²) in [6.45, 7) is 4.52. The summed E-state index contributed by atoms with van der Waals surface area (Å²) in [5.41, 5.74) is 3.53. The number of aromatic nitrogens is 2. The van der Waals surface area contributed by atoms with E-state index in [4.69, 9.17) is 0 Å². The molecule has 1 saturated heterocycles. The summed E-state index contributed by atoms with van der Waals surface area (Å²) in [5.74, 6) is 0.442. The van der Waals surface area contributed by atoms with Gasteiger partial charge in [0.2, 0.25) is 5.91 Å². The minimum atomic E-state index is 0.118. The van der Waals surface area contributed by atoms with Gasteiger partial charge in [-0.25, -0.2) is 4.98 Å². The SMILES string of the molecule is O=C(C1CCc2nc[nH]c2C1)N1CCN(C/C=C/c2ccccc2)CC1. The molecule has 2 heterocycles. The average Bonchev–Trinajstić information content (AvgIpc) is 3.17. The molecule has 26 heavy (non-hydrogen) atoms. The first kappa shape index (κ1) is 17.0. The molecule has 1 fully saturated rings. The number of fused-ring (bicyclic) bond motifs is 1. The molecule has 1 aromatic carbocycles. The van der Waals surface area contributed by atoms with E-state index < -0.39 is 0 Å². The Labute approximate surface area is 154 Å². The average molecular weight is 350 g/mol. The van der Waals surface area contributed by atoms with E-state index >= 15 is 0 Å². The largest absolute Gasteiger partial charge is 0.348 e. The molecule has 1 amide bonds. The molecule has 1 unspecified atom stereocenters. The maximum atomic E-state index is 12.8. The van der Waals surface area contributed by atoms with Crippen molar-refractivity contribution < 1.29 is 4.79 Å². The highest BCUT2D eigenvalue weighted by atomic mass is 16.2. The van der Waals surface area contributed by atoms with Gasteiger partial charge in [-0.1, -0.05) is 42.5 Å². The Hall–Kier alpha value is -2.40. The molecule has 0 radical (unpaired) electrons. The van der Waals surface area contributed by atoms with Gasteiger partial charge < -0.3 is 9.88 Å². The molecule has 1 atom stereocenters. The first-order valence-electron chi connectivity index (χ1n) is 9.53. The van der Waals surface area contributed by atoms with Crippen molar-refractivity contribution in [2.45, 2.75) is 19.3 Å². The highest BCUT2D eigenvalue weighted by Crippen LogP contribution is 2.25. The Morgan fingerprint density at radius 1 is 1.19 bits per heavy atom. The Morgan fingerprint density at radius 2 is 2.00 bits per heavy atom. The van der Waals surface area contributed by atoms with E-state index in [-0.39, 0.29) is 5.92 Å². The monoisotopic (exact) mass is 350 g/mol. The summed E-state index contributed by atoms with van der Waals surface area (Å²) in [4.78, 5) is 24.8. The summed E-state index contributed by atoms with van der Waals surface area (Å²) in [6, 6.07) is 10.4. The number of aromatic amines is 1. The molecule has 1 aliphatic carbocycles. The summed E-state index contributed by atoms with van der Waals surface area (Å²) >= 11 is 0. The van der Waals surface area contributed by atoms with Crippen molar-refractivity contribution in [1.82, 2.24) is 19.8 Å². The topological polar surface area (TPSA) is 52.2 Å². The normalized spacial score (nSPS) is 21.1. The molecule has 1 aromatic heterocycles. The number of H-pyrrole nitrogens is 1. The second kappa shape index (κ2) is 7.87. The van der Waals surface area contributed by atoms with E-state index in [2.05, 4.69) is 56.2 Å². The maximum absolute atomic E-state index is 12.8. The van der Waals surface area contributed by atoms with Crippen LogP contribution in [0, 0.1) is 5.92 Å². The van der Waals surface area contributed by atoms with Crippen LogP contribution in [0.4, 0.5) is 0 Å². The summed E-state index contributed by atoms with van der Waals surface area (Å²) < 4.78 is 0. The molecule has 1 aliphatic heterocycles. The third-order valence-corrected chi connectivity index (χ3v) is 5.49. The number of carbonyl (C=O) groups excluding carboxylic acids is 1. The second-order valence-corrected chi connectivity index (χ2v) is 7.21. The van der Waals surface area contributed by atoms with Crippen LogP contribution < -0.4 is 0 Å². The Bertz CT molecular complexity index is 759. The van der Waals surface area contributed by atoms with Gasteiger partial charge in [-0.05, 0) is 18.4 Å². The summed E-state index contributed by atoms with van der Waals surface area (Å²) in [6.07, 6.45) is 8.79. The molecule has 0 spiro atoms. The number of imidazole rings is 1. The van der Waals surface area contributed by atoms with Crippen molar-refractivity contribution in [2.24, 2.45) is 5.92 Å². The molecular formula is C21H26N4O. The second-order valence-electron chi connectivity index (χ2n) is 7.21. The molecule has 1 N–H and O–H groups in total. The lowest BCUT2D eigenvalue weighted by atomic mass is 9.88. The maximum Gasteiger partial charge on any atom is 0.226 e. The number of nitrogens with one attached hydrogen (secondary N) is 1. The Kier molecular flexibility index (Phi) is 5.16. The van der Waals surface area contributed by atoms with Crippen molar-refractivity contribution in [1.29, 1.82) is 0 Å². The fourth-order valence-electron chi connectivity index (χ4n) is 3.92. The molecule has 0 bridgehead atoms. The first-order chi connectivity index (χ1) is 12.8. The van der Waals surface area contributed by atoms with Gasteiger partial charge in [-0.2, -0.15) is 0 Å². The van der Waals surface area contributed by atoms with Crippen LogP contribution in [0.15, 0.2) is 42.7 Å². The quantitative estimate of drug-likeness (QED) is 0.921. The minimum Gasteiger partial charge on any atom is -0.348 e. The molecular weight excluding hydrogens is 324 g/mol. The Balaban J connectivity index is 1.25. The zero-order valence-electron chi connectivity index (χ0n) is 15.1. The van der Waals surface area contributed by atoms with Crippen LogP contribution >= 0.6 is 0 Å². The third kappa shape index (κ3) is 3.88. The summed E-state index contributed by atoms with van der Waals surface area (Å²) in [7, 11) is 0. The number of piperazine rings is 1. The molecule has 5 nitrogen and oxygen atoms in total. The molecule has 4 rings (SSSR count). The predicted octanol–water partition coefficient (Wildman–Crippen LogP) is 2.37. The lowest BCUT2D eigenvalue weighted by molar-refractivity contribution is -0.137. The van der Waals surface area contributed by atoms with Crippen LogP contribution in [0.2, 0.25) is 0 Å². The van der Waals surface area contributed by atoms with Crippen LogP contribution in [0.25, 0.3) is 6.08 Å². The molecule has 5 heteroatoms. The van der Waals surface area contributed by atoms with Crippen molar-refractivity contribution in [2.75, 3.05) is 32.7 Å². The smallest absolute Gasteiger partial charge is 0.226 e. The molecule has 136 valence electrons. The van der Waals surface area contributed by atoms with Crippen molar-refractivity contribution >= 4 is 12.0 Å². The number of hydrogen-bond donors (Lipinski definition) is 1. The van der Waals surface area contributed by atoms with Crippen LogP contribution in [0.3, 0.4) is 0 Å². The summed E-state index contributed by atoms with van der Waals surface area (Å²) in [5, 5.41) is 0. The first-order valence-corrected chi connectivity index (χ1v) is 9.53. The number of aryl methyl sites for hydroxylation is 1. The number of hydrogen-bond acceptors (Lipinski definition) is 3. The number of benzene rings is 1. The van der Waals surface area contributed by atoms with Crippen molar-refractivity contribution in [3.63, 3.8) is 0 Å². The lowest BCUT2D eigenvalue weighted by Gasteiger charge is -2.36. The van der Waals surface area contributed by atoms with Gasteiger partial charge in [0.1, 0.15) is 0 Å². The van der Waals surface area contributed by atoms with Gasteiger partial charge in [0.25, 0.3) is 0 Å². The van der Waals surface area contributed by atoms with Gasteiger partial charge in [-0.3, -0.25) is 9.69 Å². The Morgan fingerprint density at radius 3 is 2.81 bits per heavy atom. The van der Waals surface area contributed by atoms with Crippen LogP contribution in [-0.2, 0) is 17.6 Å². The van der Waals surface area contributed by atoms with E-state index in [1.54, 1.807) is 6.33 Å². The van der Waals surface area contributed by atoms with Gasteiger partial charge in [0.05, 0.1) is 12.0 Å². The van der Waals surface area contributed by atoms with E-state index in [1.165, 1.54) is 5.56 Å². The van der Waals surface area contributed by atoms with E-state index in [0.717, 1.165) is 63.4 Å². The van der Waals surface area contributed by atoms with E-state index in [9.17, 15) is 4.79 Å². The highest BCUT2D eigenvalue weighted by molar-refractivity contribution is 5.79. The minimum absolute atomic E-state index is 0.118. The number of amides is 1. The fraction of sp³-hybridized carbons (Fsp3) is 0.429. The standard InChI is InChI=1S/C21H26N4O/c26-21(18-8-9-19-20(15-18)23-16-22-19)25-13-11-24(12-14-25)10-4-7-17-5-2-1-3-6-17/h1-7,16,18H,8-15H2,(H,22,23)/b7-4+. The van der Waals surface area contributed by atoms with Gasteiger partial charge in [-0.15, -0.1) is 0 Å². The van der Waals surface area contributed by atoms with Gasteiger partial charge >= 0.3 is 0 Å². The fourth-order valence-corrected chi connectivity index (χ4v) is 3.92. The number of rotatable bonds is 4. The zero-order valence-corrected chi connectivity index (χ0v) is 15.1. The van der Waals surface area contributed by atoms with E-state index in [1.807, 2.05) is 6.07 Å². The predicted molar refractivity (Wildman–Crippen MR) is 103 cm³/mol. The highest BCUT2D eigenvalue weighted by Gasteiger charge is 2.30. The van der Waals surface area contributed by atoms with E-state index in [0.29, 0.717) is 5.91 Å². The van der Waals surface area contributed by atoms with Gasteiger partial charge in [0, 0.05) is 50.8 Å². The van der Waals surface area contributed by atoms with Crippen LogP contribution in [0.1, 0.15) is 23.4 Å². The number of carbonyl (C=O) groups is 1. The van der Waals surface area contributed by atoms with Crippen LogP contribution in [0.5, 0.6) is 0 Å². The van der Waals surface area contributed by atoms with Crippen molar-refractivity contribution in [3.8, 4) is 0 Å². The van der Waals surface area contributed by atoms with Gasteiger partial charge in [0.15, 0.2) is 0 Å². The third-order valence-electron chi connectivity index (χ3n) is 5.49. The molecule has 2 aliphatic rings. The zero-order chi connectivity index (χ0) is 17.8. The molecule has 2 aromatic rings. The molecule has 0 saturated carbocycles.